The minimum absolute atomic E-state index is 0.0212. The minimum Gasteiger partial charge on any atom is -0.507 e. The molecule has 1 N–H and O–H groups in total. The number of methoxy groups -OCH3 is 1. The molecule has 0 spiro atoms. The first-order valence-corrected chi connectivity index (χ1v) is 10.1. The molecule has 1 amide bonds. The van der Waals surface area contributed by atoms with E-state index in [9.17, 15) is 19.1 Å². The van der Waals surface area contributed by atoms with Crippen LogP contribution < -0.4 is 4.74 Å². The highest BCUT2D eigenvalue weighted by Crippen LogP contribution is 2.40. The zero-order valence-electron chi connectivity index (χ0n) is 17.7. The van der Waals surface area contributed by atoms with Gasteiger partial charge in [0.2, 0.25) is 0 Å². The summed E-state index contributed by atoms with van der Waals surface area (Å²) in [6.07, 6.45) is 0. The summed E-state index contributed by atoms with van der Waals surface area (Å²) in [6, 6.07) is 19.1. The van der Waals surface area contributed by atoms with Crippen LogP contribution in [0.1, 0.15) is 28.3 Å². The van der Waals surface area contributed by atoms with Crippen molar-refractivity contribution in [1.29, 1.82) is 0 Å². The molecule has 0 saturated carbocycles. The SMILES string of the molecule is COc1ccc(/C(O)=C2/C(=O)C(=O)N(Cc3ccc(F)cc3)C2c2cccc(C)c2)cc1. The number of likely N-dealkylation sites (tertiary alicyclic amines) is 1. The number of carbonyl (C=O) groups is 2. The second-order valence-electron chi connectivity index (χ2n) is 7.70. The fraction of sp³-hybridized carbons (Fsp3) is 0.154. The molecule has 0 radical (unpaired) electrons. The molecule has 1 atom stereocenters. The maximum absolute atomic E-state index is 13.4. The smallest absolute Gasteiger partial charge is 0.295 e. The number of aliphatic hydroxyl groups is 1. The Bertz CT molecular complexity index is 1200. The second kappa shape index (κ2) is 8.67. The van der Waals surface area contributed by atoms with Crippen molar-refractivity contribution < 1.29 is 23.8 Å². The molecule has 3 aromatic carbocycles. The van der Waals surface area contributed by atoms with Gasteiger partial charge in [0.05, 0.1) is 18.7 Å². The lowest BCUT2D eigenvalue weighted by atomic mass is 9.94. The number of carbonyl (C=O) groups excluding carboxylic acids is 2. The van der Waals surface area contributed by atoms with Gasteiger partial charge in [-0.1, -0.05) is 42.0 Å². The van der Waals surface area contributed by atoms with Gasteiger partial charge in [-0.3, -0.25) is 9.59 Å². The van der Waals surface area contributed by atoms with Gasteiger partial charge in [-0.15, -0.1) is 0 Å². The fourth-order valence-corrected chi connectivity index (χ4v) is 3.92. The third-order valence-corrected chi connectivity index (χ3v) is 5.53. The van der Waals surface area contributed by atoms with Crippen LogP contribution in [-0.2, 0) is 16.1 Å². The highest BCUT2D eigenvalue weighted by Gasteiger charge is 2.46. The lowest BCUT2D eigenvalue weighted by molar-refractivity contribution is -0.140. The normalized spacial score (nSPS) is 17.6. The maximum Gasteiger partial charge on any atom is 0.295 e. The summed E-state index contributed by atoms with van der Waals surface area (Å²) in [4.78, 5) is 27.5. The Labute approximate surface area is 185 Å². The monoisotopic (exact) mass is 431 g/mol. The van der Waals surface area contributed by atoms with E-state index in [0.29, 0.717) is 22.4 Å². The number of aryl methyl sites for hydroxylation is 1. The number of aliphatic hydroxyl groups excluding tert-OH is 1. The predicted octanol–water partition coefficient (Wildman–Crippen LogP) is 4.76. The van der Waals surface area contributed by atoms with Crippen LogP contribution in [0.15, 0.2) is 78.4 Å². The van der Waals surface area contributed by atoms with E-state index in [-0.39, 0.29) is 23.7 Å². The van der Waals surface area contributed by atoms with Crippen molar-refractivity contribution in [2.75, 3.05) is 7.11 Å². The Morgan fingerprint density at radius 2 is 1.72 bits per heavy atom. The van der Waals surface area contributed by atoms with Gasteiger partial charge in [0.25, 0.3) is 11.7 Å². The van der Waals surface area contributed by atoms with Crippen molar-refractivity contribution >= 4 is 17.4 Å². The van der Waals surface area contributed by atoms with Crippen LogP contribution in [0.2, 0.25) is 0 Å². The number of Topliss-reactive ketones (excluding diaryl/α,β-unsaturated/α-hetero) is 1. The largest absolute Gasteiger partial charge is 0.507 e. The molecule has 4 rings (SSSR count). The third kappa shape index (κ3) is 3.99. The first-order valence-electron chi connectivity index (χ1n) is 10.1. The van der Waals surface area contributed by atoms with Crippen LogP contribution >= 0.6 is 0 Å². The number of rotatable bonds is 5. The fourth-order valence-electron chi connectivity index (χ4n) is 3.92. The highest BCUT2D eigenvalue weighted by atomic mass is 19.1. The minimum atomic E-state index is -0.776. The molecule has 1 unspecified atom stereocenters. The van der Waals surface area contributed by atoms with Gasteiger partial charge in [0.15, 0.2) is 0 Å². The number of hydrogen-bond donors (Lipinski definition) is 1. The Balaban J connectivity index is 1.84. The molecule has 0 aliphatic carbocycles. The van der Waals surface area contributed by atoms with Crippen LogP contribution in [0.5, 0.6) is 5.75 Å². The number of amides is 1. The zero-order valence-corrected chi connectivity index (χ0v) is 17.7. The van der Waals surface area contributed by atoms with E-state index >= 15 is 0 Å². The van der Waals surface area contributed by atoms with Crippen LogP contribution in [0.3, 0.4) is 0 Å². The molecular weight excluding hydrogens is 409 g/mol. The Morgan fingerprint density at radius 1 is 1.03 bits per heavy atom. The van der Waals surface area contributed by atoms with Crippen LogP contribution in [0.25, 0.3) is 5.76 Å². The summed E-state index contributed by atoms with van der Waals surface area (Å²) < 4.78 is 18.5. The summed E-state index contributed by atoms with van der Waals surface area (Å²) in [5.74, 6) is -1.50. The van der Waals surface area contributed by atoms with Crippen molar-refractivity contribution in [1.82, 2.24) is 4.90 Å². The Morgan fingerprint density at radius 3 is 2.34 bits per heavy atom. The molecule has 6 heteroatoms. The van der Waals surface area contributed by atoms with Gasteiger partial charge in [-0.2, -0.15) is 0 Å². The molecule has 0 aromatic heterocycles. The second-order valence-corrected chi connectivity index (χ2v) is 7.70. The van der Waals surface area contributed by atoms with Crippen molar-refractivity contribution in [2.45, 2.75) is 19.5 Å². The molecule has 3 aromatic rings. The molecule has 162 valence electrons. The van der Waals surface area contributed by atoms with E-state index < -0.39 is 17.7 Å². The molecule has 5 nitrogen and oxygen atoms in total. The average Bonchev–Trinajstić information content (AvgIpc) is 3.05. The number of ether oxygens (including phenoxy) is 1. The van der Waals surface area contributed by atoms with Gasteiger partial charge < -0.3 is 14.7 Å². The maximum atomic E-state index is 13.4. The molecule has 1 fully saturated rings. The van der Waals surface area contributed by atoms with Gasteiger partial charge in [0, 0.05) is 12.1 Å². The van der Waals surface area contributed by atoms with E-state index in [0.717, 1.165) is 5.56 Å². The number of nitrogens with zero attached hydrogens (tertiary/aromatic N) is 1. The van der Waals surface area contributed by atoms with Crippen LogP contribution in [0.4, 0.5) is 4.39 Å². The topological polar surface area (TPSA) is 66.8 Å². The van der Waals surface area contributed by atoms with E-state index in [4.69, 9.17) is 4.74 Å². The lowest BCUT2D eigenvalue weighted by Crippen LogP contribution is -2.29. The van der Waals surface area contributed by atoms with Gasteiger partial charge in [0.1, 0.15) is 17.3 Å². The summed E-state index contributed by atoms with van der Waals surface area (Å²) in [5, 5.41) is 11.1. The lowest BCUT2D eigenvalue weighted by Gasteiger charge is -2.25. The molecule has 1 aliphatic heterocycles. The van der Waals surface area contributed by atoms with Gasteiger partial charge >= 0.3 is 0 Å². The molecule has 0 bridgehead atoms. The number of ketones is 1. The molecule has 1 heterocycles. The quantitative estimate of drug-likeness (QED) is 0.359. The van der Waals surface area contributed by atoms with Gasteiger partial charge in [-0.25, -0.2) is 4.39 Å². The molecular formula is C26H22FNO4. The summed E-state index contributed by atoms with van der Waals surface area (Å²) in [6.45, 7) is 2.02. The number of halogens is 1. The van der Waals surface area contributed by atoms with E-state index in [1.807, 2.05) is 31.2 Å². The number of hydrogen-bond acceptors (Lipinski definition) is 4. The first-order chi connectivity index (χ1) is 15.4. The van der Waals surface area contributed by atoms with Crippen molar-refractivity contribution in [3.8, 4) is 5.75 Å². The van der Waals surface area contributed by atoms with Crippen LogP contribution in [0, 0.1) is 12.7 Å². The van der Waals surface area contributed by atoms with Crippen LogP contribution in [-0.4, -0.2) is 28.8 Å². The molecule has 1 saturated heterocycles. The van der Waals surface area contributed by atoms with Gasteiger partial charge in [-0.05, 0) is 54.4 Å². The molecule has 1 aliphatic rings. The highest BCUT2D eigenvalue weighted by molar-refractivity contribution is 6.46. The Hall–Kier alpha value is -3.93. The summed E-state index contributed by atoms with van der Waals surface area (Å²) in [7, 11) is 1.54. The van der Waals surface area contributed by atoms with E-state index in [2.05, 4.69) is 0 Å². The third-order valence-electron chi connectivity index (χ3n) is 5.53. The van der Waals surface area contributed by atoms with Crippen molar-refractivity contribution in [3.05, 3.63) is 106 Å². The Kier molecular flexibility index (Phi) is 5.77. The average molecular weight is 431 g/mol. The summed E-state index contributed by atoms with van der Waals surface area (Å²) in [5.41, 5.74) is 2.77. The predicted molar refractivity (Wildman–Crippen MR) is 118 cm³/mol. The van der Waals surface area contributed by atoms with Crippen molar-refractivity contribution in [2.24, 2.45) is 0 Å². The number of benzene rings is 3. The standard InChI is InChI=1S/C26H22FNO4/c1-16-4-3-5-19(14-16)23-22(24(29)18-8-12-21(32-2)13-9-18)25(30)26(31)28(23)15-17-6-10-20(27)11-7-17/h3-14,23,29H,15H2,1-2H3/b24-22-. The van der Waals surface area contributed by atoms with E-state index in [1.165, 1.54) is 24.1 Å². The summed E-state index contributed by atoms with van der Waals surface area (Å²) >= 11 is 0. The first kappa shape index (κ1) is 21.3. The van der Waals surface area contributed by atoms with E-state index in [1.54, 1.807) is 36.4 Å². The molecule has 32 heavy (non-hydrogen) atoms. The van der Waals surface area contributed by atoms with Crippen molar-refractivity contribution in [3.63, 3.8) is 0 Å². The zero-order chi connectivity index (χ0) is 22.8.